The minimum Gasteiger partial charge on any atom is -0.378 e. The minimum absolute atomic E-state index is 0.0594. The van der Waals surface area contributed by atoms with Crippen LogP contribution in [0, 0.1) is 5.92 Å². The number of hydrogen-bond donors (Lipinski definition) is 0. The molecule has 2 fully saturated rings. The molecule has 0 saturated carbocycles. The molecule has 0 bridgehead atoms. The largest absolute Gasteiger partial charge is 0.378 e. The number of ether oxygens (including phenoxy) is 2. The van der Waals surface area contributed by atoms with Crippen LogP contribution >= 0.6 is 0 Å². The van der Waals surface area contributed by atoms with Gasteiger partial charge in [-0.15, -0.1) is 0 Å². The molecule has 1 radical (unpaired) electrons. The molecule has 3 heteroatoms. The lowest BCUT2D eigenvalue weighted by molar-refractivity contribution is -0.0366. The summed E-state index contributed by atoms with van der Waals surface area (Å²) >= 11 is 0. The first kappa shape index (κ1) is 13.3. The van der Waals surface area contributed by atoms with Crippen molar-refractivity contribution in [2.75, 3.05) is 13.2 Å². The quantitative estimate of drug-likeness (QED) is 0.758. The summed E-state index contributed by atoms with van der Waals surface area (Å²) in [6, 6.07) is -0.0594. The molecule has 0 aromatic heterocycles. The van der Waals surface area contributed by atoms with Gasteiger partial charge in [0.15, 0.2) is 0 Å². The van der Waals surface area contributed by atoms with Crippen LogP contribution in [-0.4, -0.2) is 31.5 Å². The van der Waals surface area contributed by atoms with Gasteiger partial charge in [-0.1, -0.05) is 6.92 Å². The lowest BCUT2D eigenvalue weighted by Gasteiger charge is -2.33. The van der Waals surface area contributed by atoms with E-state index in [-0.39, 0.29) is 12.1 Å². The second-order valence-corrected chi connectivity index (χ2v) is 5.63. The molecule has 2 aliphatic rings. The van der Waals surface area contributed by atoms with Crippen molar-refractivity contribution in [3.8, 4) is 0 Å². The average molecular weight is 240 g/mol. The number of nitrogens with one attached hydrogen (secondary N) is 1. The van der Waals surface area contributed by atoms with Crippen molar-refractivity contribution in [2.24, 2.45) is 5.92 Å². The van der Waals surface area contributed by atoms with Gasteiger partial charge in [0.05, 0.1) is 12.2 Å². The number of hydrogen-bond acceptors (Lipinski definition) is 2. The fourth-order valence-corrected chi connectivity index (χ4v) is 3.00. The molecule has 4 unspecified atom stereocenters. The molecule has 2 aliphatic heterocycles. The standard InChI is InChI=1S/C14H26NO2/c1-11(13-6-2-4-8-16-13)10-12(15)14-7-3-5-9-17-14/h11-15H,2-10H2,1H3. The predicted molar refractivity (Wildman–Crippen MR) is 67.8 cm³/mol. The smallest absolute Gasteiger partial charge is 0.0741 e. The zero-order chi connectivity index (χ0) is 12.1. The lowest BCUT2D eigenvalue weighted by Crippen LogP contribution is -2.37. The normalized spacial score (nSPS) is 34.2. The van der Waals surface area contributed by atoms with Gasteiger partial charge >= 0.3 is 0 Å². The van der Waals surface area contributed by atoms with Gasteiger partial charge in [0.25, 0.3) is 0 Å². The van der Waals surface area contributed by atoms with Gasteiger partial charge in [0.1, 0.15) is 0 Å². The second-order valence-electron chi connectivity index (χ2n) is 5.63. The van der Waals surface area contributed by atoms with Gasteiger partial charge in [-0.05, 0) is 50.9 Å². The Hall–Kier alpha value is -0.120. The summed E-state index contributed by atoms with van der Waals surface area (Å²) in [4.78, 5) is 0. The highest BCUT2D eigenvalue weighted by atomic mass is 16.5. The van der Waals surface area contributed by atoms with Crippen LogP contribution in [0.5, 0.6) is 0 Å². The monoisotopic (exact) mass is 240 g/mol. The molecular formula is C14H26NO2. The van der Waals surface area contributed by atoms with Crippen LogP contribution < -0.4 is 5.73 Å². The Labute approximate surface area is 105 Å². The Balaban J connectivity index is 1.74. The Morgan fingerprint density at radius 2 is 1.59 bits per heavy atom. The summed E-state index contributed by atoms with van der Waals surface area (Å²) in [5.41, 5.74) is 8.23. The van der Waals surface area contributed by atoms with Crippen LogP contribution in [0.25, 0.3) is 0 Å². The van der Waals surface area contributed by atoms with Gasteiger partial charge < -0.3 is 9.47 Å². The molecule has 0 aliphatic carbocycles. The van der Waals surface area contributed by atoms with Crippen molar-refractivity contribution in [2.45, 2.75) is 70.1 Å². The number of rotatable bonds is 4. The van der Waals surface area contributed by atoms with Gasteiger partial charge in [0.2, 0.25) is 0 Å². The van der Waals surface area contributed by atoms with Crippen LogP contribution in [0.1, 0.15) is 51.9 Å². The topological polar surface area (TPSA) is 42.3 Å². The molecule has 0 spiro atoms. The van der Waals surface area contributed by atoms with E-state index in [2.05, 4.69) is 6.92 Å². The Morgan fingerprint density at radius 1 is 1.00 bits per heavy atom. The zero-order valence-electron chi connectivity index (χ0n) is 11.0. The molecule has 0 aromatic rings. The molecule has 0 amide bonds. The van der Waals surface area contributed by atoms with E-state index in [0.717, 1.165) is 26.1 Å². The van der Waals surface area contributed by atoms with E-state index in [9.17, 15) is 0 Å². The highest BCUT2D eigenvalue weighted by Crippen LogP contribution is 2.26. The highest BCUT2D eigenvalue weighted by Gasteiger charge is 2.27. The van der Waals surface area contributed by atoms with E-state index >= 15 is 0 Å². The van der Waals surface area contributed by atoms with Crippen LogP contribution in [0.4, 0.5) is 0 Å². The maximum atomic E-state index is 8.23. The summed E-state index contributed by atoms with van der Waals surface area (Å²) in [6.07, 6.45) is 8.65. The highest BCUT2D eigenvalue weighted by molar-refractivity contribution is 4.81. The molecule has 1 N–H and O–H groups in total. The summed E-state index contributed by atoms with van der Waals surface area (Å²) < 4.78 is 11.5. The van der Waals surface area contributed by atoms with Crippen molar-refractivity contribution in [1.29, 1.82) is 0 Å². The lowest BCUT2D eigenvalue weighted by atomic mass is 9.88. The third-order valence-electron chi connectivity index (χ3n) is 4.14. The first-order valence-corrected chi connectivity index (χ1v) is 7.21. The third-order valence-corrected chi connectivity index (χ3v) is 4.14. The van der Waals surface area contributed by atoms with Crippen molar-refractivity contribution < 1.29 is 9.47 Å². The fraction of sp³-hybridized carbons (Fsp3) is 1.00. The van der Waals surface area contributed by atoms with Gasteiger partial charge in [0, 0.05) is 19.3 Å². The van der Waals surface area contributed by atoms with Crippen LogP contribution in [0.2, 0.25) is 0 Å². The maximum absolute atomic E-state index is 8.23. The summed E-state index contributed by atoms with van der Waals surface area (Å²) in [5, 5.41) is 0. The molecule has 2 heterocycles. The van der Waals surface area contributed by atoms with Crippen LogP contribution in [0.3, 0.4) is 0 Å². The SMILES string of the molecule is CC(CC([NH])C1CCCCO1)C1CCCCO1. The molecular weight excluding hydrogens is 214 g/mol. The molecule has 2 rings (SSSR count). The van der Waals surface area contributed by atoms with Gasteiger partial charge in [-0.25, -0.2) is 0 Å². The summed E-state index contributed by atoms with van der Waals surface area (Å²) in [7, 11) is 0. The Morgan fingerprint density at radius 3 is 2.12 bits per heavy atom. The molecule has 99 valence electrons. The molecule has 4 atom stereocenters. The van der Waals surface area contributed by atoms with E-state index in [1.807, 2.05) is 0 Å². The Bertz CT molecular complexity index is 188. The van der Waals surface area contributed by atoms with Crippen LogP contribution in [0.15, 0.2) is 0 Å². The maximum Gasteiger partial charge on any atom is 0.0741 e. The average Bonchev–Trinajstić information content (AvgIpc) is 2.40. The first-order chi connectivity index (χ1) is 8.27. The summed E-state index contributed by atoms with van der Waals surface area (Å²) in [5.74, 6) is 0.503. The zero-order valence-corrected chi connectivity index (χ0v) is 11.0. The fourth-order valence-electron chi connectivity index (χ4n) is 3.00. The minimum atomic E-state index is -0.0594. The van der Waals surface area contributed by atoms with Crippen molar-refractivity contribution >= 4 is 0 Å². The third kappa shape index (κ3) is 3.94. The van der Waals surface area contributed by atoms with Gasteiger partial charge in [-0.3, -0.25) is 5.73 Å². The molecule has 3 nitrogen and oxygen atoms in total. The van der Waals surface area contributed by atoms with E-state index in [0.29, 0.717) is 12.0 Å². The van der Waals surface area contributed by atoms with Crippen LogP contribution in [-0.2, 0) is 9.47 Å². The van der Waals surface area contributed by atoms with E-state index in [1.165, 1.54) is 32.1 Å². The van der Waals surface area contributed by atoms with Crippen molar-refractivity contribution in [3.63, 3.8) is 0 Å². The van der Waals surface area contributed by atoms with E-state index < -0.39 is 0 Å². The van der Waals surface area contributed by atoms with E-state index in [4.69, 9.17) is 15.2 Å². The van der Waals surface area contributed by atoms with Gasteiger partial charge in [-0.2, -0.15) is 0 Å². The van der Waals surface area contributed by atoms with E-state index in [1.54, 1.807) is 0 Å². The second kappa shape index (κ2) is 6.72. The predicted octanol–water partition coefficient (Wildman–Crippen LogP) is 2.80. The Kier molecular flexibility index (Phi) is 5.26. The molecule has 2 saturated heterocycles. The first-order valence-electron chi connectivity index (χ1n) is 7.21. The molecule has 17 heavy (non-hydrogen) atoms. The van der Waals surface area contributed by atoms with Crippen molar-refractivity contribution in [1.82, 2.24) is 5.73 Å². The molecule has 0 aromatic carbocycles. The summed E-state index contributed by atoms with van der Waals surface area (Å²) in [6.45, 7) is 4.01. The van der Waals surface area contributed by atoms with Crippen molar-refractivity contribution in [3.05, 3.63) is 0 Å².